The summed E-state index contributed by atoms with van der Waals surface area (Å²) in [6, 6.07) is -0.838. The van der Waals surface area contributed by atoms with E-state index in [1.165, 1.54) is 173 Å². The zero-order chi connectivity index (χ0) is 58.0. The Hall–Kier alpha value is -2.90. The van der Waals surface area contributed by atoms with Gasteiger partial charge in [-0.05, 0) is 109 Å². The van der Waals surface area contributed by atoms with Crippen LogP contribution in [0.2, 0.25) is 0 Å². The number of rotatable bonds is 57. The summed E-state index contributed by atoms with van der Waals surface area (Å²) in [5.74, 6) is -0.211. The van der Waals surface area contributed by atoms with Crippen molar-refractivity contribution < 1.29 is 49.3 Å². The third-order valence-corrected chi connectivity index (χ3v) is 15.3. The molecule has 0 aromatic heterocycles. The van der Waals surface area contributed by atoms with Crippen LogP contribution >= 0.6 is 0 Å². The maximum absolute atomic E-state index is 13.0. The summed E-state index contributed by atoms with van der Waals surface area (Å²) < 4.78 is 16.7. The number of amides is 1. The van der Waals surface area contributed by atoms with Gasteiger partial charge in [-0.15, -0.1) is 0 Å². The average Bonchev–Trinajstić information content (AvgIpc) is 3.46. The first-order valence-corrected chi connectivity index (χ1v) is 33.2. The fourth-order valence-corrected chi connectivity index (χ4v) is 10.0. The van der Waals surface area contributed by atoms with Gasteiger partial charge in [0.2, 0.25) is 5.91 Å². The van der Waals surface area contributed by atoms with Crippen LogP contribution in [0.4, 0.5) is 0 Å². The Balaban J connectivity index is 1.98. The molecule has 1 fully saturated rings. The van der Waals surface area contributed by atoms with E-state index in [2.05, 4.69) is 79.9 Å². The molecule has 1 aliphatic rings. The lowest BCUT2D eigenvalue weighted by atomic mass is 9.99. The average molecular weight is 1130 g/mol. The van der Waals surface area contributed by atoms with E-state index in [1.54, 1.807) is 6.08 Å². The Morgan fingerprint density at radius 2 is 0.887 bits per heavy atom. The number of carbonyl (C=O) groups excluding carboxylic acids is 2. The molecule has 1 heterocycles. The molecule has 1 rings (SSSR count). The van der Waals surface area contributed by atoms with Gasteiger partial charge in [0.25, 0.3) is 0 Å². The molecular weight excluding hydrogens is 1000 g/mol. The van der Waals surface area contributed by atoms with Crippen molar-refractivity contribution in [2.45, 2.75) is 333 Å². The van der Waals surface area contributed by atoms with Gasteiger partial charge >= 0.3 is 5.97 Å². The molecule has 1 amide bonds. The van der Waals surface area contributed by atoms with Crippen LogP contribution in [0.3, 0.4) is 0 Å². The minimum Gasteiger partial charge on any atom is -0.466 e. The van der Waals surface area contributed by atoms with Crippen molar-refractivity contribution in [3.8, 4) is 0 Å². The molecule has 6 N–H and O–H groups in total. The predicted octanol–water partition coefficient (Wildman–Crippen LogP) is 16.3. The van der Waals surface area contributed by atoms with Crippen LogP contribution in [0.25, 0.3) is 0 Å². The van der Waals surface area contributed by atoms with Crippen molar-refractivity contribution in [2.24, 2.45) is 0 Å². The van der Waals surface area contributed by atoms with Gasteiger partial charge in [-0.1, -0.05) is 241 Å². The molecule has 464 valence electrons. The Labute approximate surface area is 490 Å². The van der Waals surface area contributed by atoms with Crippen molar-refractivity contribution in [1.29, 1.82) is 0 Å². The quantitative estimate of drug-likeness (QED) is 0.0195. The molecule has 0 aromatic rings. The number of unbranched alkanes of at least 4 members (excludes halogenated alkanes) is 33. The highest BCUT2D eigenvalue weighted by atomic mass is 16.7. The summed E-state index contributed by atoms with van der Waals surface area (Å²) >= 11 is 0. The van der Waals surface area contributed by atoms with E-state index < -0.39 is 49.5 Å². The lowest BCUT2D eigenvalue weighted by molar-refractivity contribution is -0.302. The fourth-order valence-electron chi connectivity index (χ4n) is 10.0. The fraction of sp³-hybridized carbons (Fsp3) is 0.797. The number of ether oxygens (including phenoxy) is 3. The number of aliphatic hydroxyl groups is 5. The van der Waals surface area contributed by atoms with Gasteiger partial charge < -0.3 is 45.1 Å². The van der Waals surface area contributed by atoms with E-state index in [1.807, 2.05) is 6.08 Å². The van der Waals surface area contributed by atoms with Gasteiger partial charge in [-0.3, -0.25) is 9.59 Å². The minimum absolute atomic E-state index is 0.00814. The van der Waals surface area contributed by atoms with Gasteiger partial charge in [0.1, 0.15) is 24.4 Å². The number of carbonyl (C=O) groups is 2. The third kappa shape index (κ3) is 46.6. The maximum Gasteiger partial charge on any atom is 0.305 e. The summed E-state index contributed by atoms with van der Waals surface area (Å²) in [5.41, 5.74) is 0. The van der Waals surface area contributed by atoms with Crippen LogP contribution in [-0.4, -0.2) is 100 Å². The zero-order valence-electron chi connectivity index (χ0n) is 51.3. The molecule has 0 spiro atoms. The Kier molecular flexibility index (Phi) is 54.4. The van der Waals surface area contributed by atoms with Crippen LogP contribution in [-0.2, 0) is 23.8 Å². The van der Waals surface area contributed by atoms with Crippen molar-refractivity contribution in [3.05, 3.63) is 72.9 Å². The molecule has 7 atom stereocenters. The zero-order valence-corrected chi connectivity index (χ0v) is 51.3. The highest BCUT2D eigenvalue weighted by molar-refractivity contribution is 5.76. The number of hydrogen-bond donors (Lipinski definition) is 6. The Morgan fingerprint density at radius 1 is 0.475 bits per heavy atom. The molecule has 0 aromatic carbocycles. The summed E-state index contributed by atoms with van der Waals surface area (Å²) in [6.45, 7) is 4.19. The highest BCUT2D eigenvalue weighted by Crippen LogP contribution is 2.23. The molecule has 0 saturated carbocycles. The monoisotopic (exact) mass is 1130 g/mol. The first-order chi connectivity index (χ1) is 39.2. The Bertz CT molecular complexity index is 1560. The van der Waals surface area contributed by atoms with E-state index in [4.69, 9.17) is 14.2 Å². The summed E-state index contributed by atoms with van der Waals surface area (Å²) in [4.78, 5) is 25.1. The largest absolute Gasteiger partial charge is 0.466 e. The smallest absolute Gasteiger partial charge is 0.305 e. The van der Waals surface area contributed by atoms with Gasteiger partial charge in [0, 0.05) is 12.8 Å². The predicted molar refractivity (Wildman–Crippen MR) is 333 cm³/mol. The van der Waals surface area contributed by atoms with Gasteiger partial charge in [0.15, 0.2) is 6.29 Å². The van der Waals surface area contributed by atoms with Crippen LogP contribution in [0.15, 0.2) is 72.9 Å². The summed E-state index contributed by atoms with van der Waals surface area (Å²) in [6.07, 6.45) is 67.5. The second-order valence-corrected chi connectivity index (χ2v) is 22.8. The van der Waals surface area contributed by atoms with Crippen molar-refractivity contribution >= 4 is 11.9 Å². The topological polar surface area (TPSA) is 175 Å². The SMILES string of the molecule is CC/C=C/CC/C=C/CC/C=C/C(O)C(COC1OC(CO)C(O)C(O)C1O)NC(=O)CCCCCCCCCCCCC/C=C\C/C=C\CCCCCCCCCCCOC(=O)CCCCCCC/C=C\CCCCCCCC. The van der Waals surface area contributed by atoms with E-state index >= 15 is 0 Å². The Morgan fingerprint density at radius 3 is 1.38 bits per heavy atom. The van der Waals surface area contributed by atoms with Crippen molar-refractivity contribution in [1.82, 2.24) is 5.32 Å². The van der Waals surface area contributed by atoms with Crippen molar-refractivity contribution in [3.63, 3.8) is 0 Å². The highest BCUT2D eigenvalue weighted by Gasteiger charge is 2.44. The van der Waals surface area contributed by atoms with Gasteiger partial charge in [-0.2, -0.15) is 0 Å². The van der Waals surface area contributed by atoms with Crippen molar-refractivity contribution in [2.75, 3.05) is 19.8 Å². The molecule has 11 heteroatoms. The molecule has 1 aliphatic heterocycles. The normalized spacial score (nSPS) is 18.8. The number of hydrogen-bond acceptors (Lipinski definition) is 10. The van der Waals surface area contributed by atoms with Crippen LogP contribution in [0.1, 0.15) is 290 Å². The van der Waals surface area contributed by atoms with Crippen LogP contribution < -0.4 is 5.32 Å². The molecule has 0 radical (unpaired) electrons. The van der Waals surface area contributed by atoms with E-state index in [9.17, 15) is 35.1 Å². The number of esters is 1. The van der Waals surface area contributed by atoms with E-state index in [-0.39, 0.29) is 18.5 Å². The van der Waals surface area contributed by atoms with Gasteiger partial charge in [-0.25, -0.2) is 0 Å². The number of aliphatic hydroxyl groups excluding tert-OH is 5. The summed E-state index contributed by atoms with van der Waals surface area (Å²) in [7, 11) is 0. The first kappa shape index (κ1) is 75.1. The first-order valence-electron chi connectivity index (χ1n) is 33.2. The molecule has 0 bridgehead atoms. The number of nitrogens with one attached hydrogen (secondary N) is 1. The van der Waals surface area contributed by atoms with Gasteiger partial charge in [0.05, 0.1) is 32.0 Å². The molecule has 1 saturated heterocycles. The molecule has 0 aliphatic carbocycles. The standard InChI is InChI=1S/C69H123NO10/c1-3-5-7-9-11-13-15-16-30-34-37-41-45-49-53-57-65(74)78-58-54-50-46-42-38-35-32-29-27-25-23-21-19-17-18-20-22-24-26-28-31-33-36-40-44-48-52-56-64(73)70-61(60-79-69-68(77)67(76)66(75)63(59-71)80-69)62(72)55-51-47-43-39-14-12-10-8-6-4-2/h6,8,14,16-18,21,23,30,39,51,55,61-63,66-69,71-72,75-77H,3-5,7,9-13,15,19-20,22,24-29,31-38,40-50,52-54,56-60H2,1-2H3,(H,70,73)/b8-6+,18-17-,23-21-,30-16-,39-14+,55-51+. The van der Waals surface area contributed by atoms with E-state index in [0.29, 0.717) is 19.4 Å². The second kappa shape index (κ2) is 57.9. The third-order valence-electron chi connectivity index (χ3n) is 15.3. The van der Waals surface area contributed by atoms with E-state index in [0.717, 1.165) is 89.9 Å². The molecule has 11 nitrogen and oxygen atoms in total. The lowest BCUT2D eigenvalue weighted by Gasteiger charge is -2.40. The lowest BCUT2D eigenvalue weighted by Crippen LogP contribution is -2.60. The second-order valence-electron chi connectivity index (χ2n) is 22.8. The summed E-state index contributed by atoms with van der Waals surface area (Å²) in [5, 5.41) is 54.2. The minimum atomic E-state index is -1.58. The van der Waals surface area contributed by atoms with Crippen LogP contribution in [0.5, 0.6) is 0 Å². The maximum atomic E-state index is 13.0. The number of allylic oxidation sites excluding steroid dienone is 11. The molecule has 7 unspecified atom stereocenters. The molecule has 80 heavy (non-hydrogen) atoms. The molecular formula is C69H123NO10. The van der Waals surface area contributed by atoms with Crippen LogP contribution in [0, 0.1) is 0 Å².